The van der Waals surface area contributed by atoms with Gasteiger partial charge in [-0.25, -0.2) is 4.68 Å². The zero-order valence-electron chi connectivity index (χ0n) is 10.2. The van der Waals surface area contributed by atoms with Crippen molar-refractivity contribution in [2.24, 2.45) is 0 Å². The second-order valence-corrected chi connectivity index (χ2v) is 5.00. The van der Waals surface area contributed by atoms with Crippen molar-refractivity contribution >= 4 is 11.8 Å². The third-order valence-corrected chi connectivity index (χ3v) is 3.43. The van der Waals surface area contributed by atoms with Crippen LogP contribution in [-0.4, -0.2) is 20.2 Å². The van der Waals surface area contributed by atoms with Crippen molar-refractivity contribution < 1.29 is 0 Å². The van der Waals surface area contributed by atoms with Crippen LogP contribution in [0.3, 0.4) is 0 Å². The van der Waals surface area contributed by atoms with E-state index in [1.807, 2.05) is 38.1 Å². The molecule has 0 N–H and O–H groups in total. The minimum atomic E-state index is 0.230. The van der Waals surface area contributed by atoms with Gasteiger partial charge in [-0.05, 0) is 35.9 Å². The zero-order chi connectivity index (χ0) is 13.0. The molecule has 0 atom stereocenters. The Kier molecular flexibility index (Phi) is 3.95. The van der Waals surface area contributed by atoms with E-state index in [0.717, 1.165) is 10.7 Å². The summed E-state index contributed by atoms with van der Waals surface area (Å²) in [6, 6.07) is 9.99. The van der Waals surface area contributed by atoms with Gasteiger partial charge in [-0.1, -0.05) is 30.0 Å². The maximum absolute atomic E-state index is 9.01. The maximum atomic E-state index is 9.01. The van der Waals surface area contributed by atoms with E-state index < -0.39 is 0 Å². The molecule has 0 spiro atoms. The average Bonchev–Trinajstić information content (AvgIpc) is 2.85. The lowest BCUT2D eigenvalue weighted by molar-refractivity contribution is 0.477. The van der Waals surface area contributed by atoms with Crippen molar-refractivity contribution in [3.05, 3.63) is 35.4 Å². The van der Waals surface area contributed by atoms with Crippen LogP contribution in [0, 0.1) is 11.3 Å². The van der Waals surface area contributed by atoms with Crippen LogP contribution in [0.15, 0.2) is 29.4 Å². The third kappa shape index (κ3) is 2.68. The van der Waals surface area contributed by atoms with E-state index in [9.17, 15) is 0 Å². The molecule has 6 heteroatoms. The molecule has 0 radical (unpaired) electrons. The number of hydrogen-bond acceptors (Lipinski definition) is 5. The van der Waals surface area contributed by atoms with Gasteiger partial charge in [-0.2, -0.15) is 5.26 Å². The molecule has 0 bridgehead atoms. The molecular formula is C12H13N5S. The van der Waals surface area contributed by atoms with E-state index in [1.165, 1.54) is 0 Å². The fraction of sp³-hybridized carbons (Fsp3) is 0.333. The van der Waals surface area contributed by atoms with E-state index in [0.29, 0.717) is 11.3 Å². The largest absolute Gasteiger partial charge is 0.218 e. The Morgan fingerprint density at radius 1 is 1.39 bits per heavy atom. The number of nitriles is 1. The van der Waals surface area contributed by atoms with Gasteiger partial charge < -0.3 is 0 Å². The van der Waals surface area contributed by atoms with Crippen molar-refractivity contribution in [1.29, 1.82) is 5.26 Å². The van der Waals surface area contributed by atoms with E-state index >= 15 is 0 Å². The van der Waals surface area contributed by atoms with E-state index in [4.69, 9.17) is 5.26 Å². The maximum Gasteiger partial charge on any atom is 0.209 e. The molecule has 0 unspecified atom stereocenters. The van der Waals surface area contributed by atoms with Crippen molar-refractivity contribution in [2.45, 2.75) is 30.8 Å². The monoisotopic (exact) mass is 259 g/mol. The number of aromatic nitrogens is 4. The van der Waals surface area contributed by atoms with Gasteiger partial charge in [0.1, 0.15) is 0 Å². The highest BCUT2D eigenvalue weighted by Crippen LogP contribution is 2.23. The third-order valence-electron chi connectivity index (χ3n) is 2.45. The zero-order valence-corrected chi connectivity index (χ0v) is 11.1. The summed E-state index contributed by atoms with van der Waals surface area (Å²) in [6.45, 7) is 4.06. The van der Waals surface area contributed by atoms with Gasteiger partial charge >= 0.3 is 0 Å². The normalized spacial score (nSPS) is 10.6. The minimum Gasteiger partial charge on any atom is -0.218 e. The first-order valence-corrected chi connectivity index (χ1v) is 6.59. The summed E-state index contributed by atoms with van der Waals surface area (Å²) in [7, 11) is 0. The number of thioether (sulfide) groups is 1. The summed E-state index contributed by atoms with van der Waals surface area (Å²) in [5, 5.41) is 21.4. The second-order valence-electron chi connectivity index (χ2n) is 4.06. The fourth-order valence-corrected chi connectivity index (χ4v) is 2.51. The molecule has 18 heavy (non-hydrogen) atoms. The van der Waals surface area contributed by atoms with Gasteiger partial charge in [0.25, 0.3) is 0 Å². The van der Waals surface area contributed by atoms with Crippen molar-refractivity contribution in [2.75, 3.05) is 0 Å². The van der Waals surface area contributed by atoms with Gasteiger partial charge in [-0.3, -0.25) is 0 Å². The van der Waals surface area contributed by atoms with Gasteiger partial charge in [-0.15, -0.1) is 5.10 Å². The van der Waals surface area contributed by atoms with Crippen LogP contribution in [0.1, 0.15) is 31.0 Å². The highest BCUT2D eigenvalue weighted by atomic mass is 32.2. The Morgan fingerprint density at radius 3 is 2.89 bits per heavy atom. The highest BCUT2D eigenvalue weighted by molar-refractivity contribution is 7.98. The number of benzene rings is 1. The lowest BCUT2D eigenvalue weighted by Crippen LogP contribution is -2.04. The van der Waals surface area contributed by atoms with E-state index in [-0.39, 0.29) is 6.04 Å². The van der Waals surface area contributed by atoms with Crippen LogP contribution < -0.4 is 0 Å². The lowest BCUT2D eigenvalue weighted by Gasteiger charge is -2.07. The van der Waals surface area contributed by atoms with Crippen LogP contribution in [0.4, 0.5) is 0 Å². The van der Waals surface area contributed by atoms with Crippen LogP contribution in [-0.2, 0) is 5.75 Å². The molecule has 5 nitrogen and oxygen atoms in total. The molecule has 0 aliphatic heterocycles. The van der Waals surface area contributed by atoms with Crippen molar-refractivity contribution in [3.63, 3.8) is 0 Å². The quantitative estimate of drug-likeness (QED) is 0.789. The summed E-state index contributed by atoms with van der Waals surface area (Å²) in [5.74, 6) is 0.691. The van der Waals surface area contributed by atoms with Crippen LogP contribution >= 0.6 is 11.8 Å². The molecule has 0 saturated carbocycles. The van der Waals surface area contributed by atoms with Crippen molar-refractivity contribution in [1.82, 2.24) is 20.2 Å². The Morgan fingerprint density at radius 2 is 2.17 bits per heavy atom. The van der Waals surface area contributed by atoms with Crippen LogP contribution in [0.5, 0.6) is 0 Å². The molecule has 1 aromatic heterocycles. The Balaban J connectivity index is 2.12. The highest BCUT2D eigenvalue weighted by Gasteiger charge is 2.10. The van der Waals surface area contributed by atoms with E-state index in [1.54, 1.807) is 16.4 Å². The molecule has 1 aromatic carbocycles. The van der Waals surface area contributed by atoms with E-state index in [2.05, 4.69) is 21.6 Å². The molecule has 92 valence electrons. The molecule has 2 aromatic rings. The first-order valence-electron chi connectivity index (χ1n) is 5.61. The predicted octanol–water partition coefficient (Wildman–Crippen LogP) is 2.42. The SMILES string of the molecule is CC(C)n1nnnc1SCc1ccccc1C#N. The van der Waals surface area contributed by atoms with Crippen LogP contribution in [0.2, 0.25) is 0 Å². The molecule has 0 aliphatic carbocycles. The average molecular weight is 259 g/mol. The number of hydrogen-bond donors (Lipinski definition) is 0. The first kappa shape index (κ1) is 12.6. The Hall–Kier alpha value is -1.87. The molecule has 0 amide bonds. The topological polar surface area (TPSA) is 67.4 Å². The molecule has 1 heterocycles. The number of nitrogens with zero attached hydrogens (tertiary/aromatic N) is 5. The number of tetrazole rings is 1. The minimum absolute atomic E-state index is 0.230. The second kappa shape index (κ2) is 5.65. The van der Waals surface area contributed by atoms with Gasteiger partial charge in [0.15, 0.2) is 0 Å². The summed E-state index contributed by atoms with van der Waals surface area (Å²) >= 11 is 1.54. The molecule has 2 rings (SSSR count). The molecular weight excluding hydrogens is 246 g/mol. The van der Waals surface area contributed by atoms with Crippen LogP contribution in [0.25, 0.3) is 0 Å². The summed E-state index contributed by atoms with van der Waals surface area (Å²) < 4.78 is 1.78. The summed E-state index contributed by atoms with van der Waals surface area (Å²) in [6.07, 6.45) is 0. The summed E-state index contributed by atoms with van der Waals surface area (Å²) in [4.78, 5) is 0. The fourth-order valence-electron chi connectivity index (χ4n) is 1.50. The standard InChI is InChI=1S/C12H13N5S/c1-9(2)17-12(14-15-16-17)18-8-11-6-4-3-5-10(11)7-13/h3-6,9H,8H2,1-2H3. The number of rotatable bonds is 4. The lowest BCUT2D eigenvalue weighted by atomic mass is 10.1. The smallest absolute Gasteiger partial charge is 0.209 e. The first-order chi connectivity index (χ1) is 8.72. The molecule has 0 saturated heterocycles. The molecule has 0 aliphatic rings. The Labute approximate surface area is 110 Å². The van der Waals surface area contributed by atoms with Gasteiger partial charge in [0.05, 0.1) is 17.7 Å². The summed E-state index contributed by atoms with van der Waals surface area (Å²) in [5.41, 5.74) is 1.71. The Bertz CT molecular complexity index is 570. The predicted molar refractivity (Wildman–Crippen MR) is 68.9 cm³/mol. The van der Waals surface area contributed by atoms with Crippen molar-refractivity contribution in [3.8, 4) is 6.07 Å². The van der Waals surface area contributed by atoms with Gasteiger partial charge in [0, 0.05) is 5.75 Å². The molecule has 0 fully saturated rings. The van der Waals surface area contributed by atoms with Gasteiger partial charge in [0.2, 0.25) is 5.16 Å².